The molecule has 0 aliphatic rings. The molecule has 0 aliphatic heterocycles. The lowest BCUT2D eigenvalue weighted by molar-refractivity contribution is -0.119. The highest BCUT2D eigenvalue weighted by Crippen LogP contribution is 2.28. The zero-order valence-electron chi connectivity index (χ0n) is 17.7. The van der Waals surface area contributed by atoms with Gasteiger partial charge in [0, 0.05) is 11.6 Å². The summed E-state index contributed by atoms with van der Waals surface area (Å²) in [7, 11) is -3.96. The molecule has 1 amide bonds. The summed E-state index contributed by atoms with van der Waals surface area (Å²) < 4.78 is 33.3. The van der Waals surface area contributed by atoms with Crippen LogP contribution in [0.5, 0.6) is 0 Å². The van der Waals surface area contributed by atoms with Crippen LogP contribution in [0.4, 0.5) is 5.69 Å². The van der Waals surface area contributed by atoms with Gasteiger partial charge in [0.05, 0.1) is 23.8 Å². The third kappa shape index (κ3) is 6.32. The Labute approximate surface area is 193 Å². The Morgan fingerprint density at radius 3 is 2.31 bits per heavy atom. The van der Waals surface area contributed by atoms with Gasteiger partial charge in [0.2, 0.25) is 5.91 Å². The van der Waals surface area contributed by atoms with Crippen molar-refractivity contribution in [3.63, 3.8) is 0 Å². The average Bonchev–Trinajstić information content (AvgIpc) is 2.79. The molecule has 0 atom stereocenters. The van der Waals surface area contributed by atoms with E-state index >= 15 is 0 Å². The fourth-order valence-corrected chi connectivity index (χ4v) is 4.86. The molecule has 0 saturated carbocycles. The monoisotopic (exact) mass is 472 g/mol. The number of hydrogen-bond acceptors (Lipinski definition) is 4. The number of hydrogen-bond donors (Lipinski definition) is 1. The van der Waals surface area contributed by atoms with Crippen LogP contribution in [0.15, 0.2) is 83.8 Å². The van der Waals surface area contributed by atoms with E-state index in [1.165, 1.54) is 12.1 Å². The number of nitrogens with one attached hydrogen (secondary N) is 1. The summed E-state index contributed by atoms with van der Waals surface area (Å²) in [6.07, 6.45) is 0. The average molecular weight is 473 g/mol. The largest absolute Gasteiger partial charge is 0.375 e. The van der Waals surface area contributed by atoms with Gasteiger partial charge >= 0.3 is 0 Å². The van der Waals surface area contributed by atoms with Crippen LogP contribution in [0, 0.1) is 6.92 Å². The molecule has 0 aliphatic carbocycles. The second-order valence-electron chi connectivity index (χ2n) is 7.14. The lowest BCUT2D eigenvalue weighted by Crippen LogP contribution is -2.42. The predicted octanol–water partition coefficient (Wildman–Crippen LogP) is 4.18. The summed E-state index contributed by atoms with van der Waals surface area (Å²) in [5.74, 6) is -0.429. The van der Waals surface area contributed by atoms with Gasteiger partial charge in [0.25, 0.3) is 10.0 Å². The lowest BCUT2D eigenvalue weighted by Gasteiger charge is -2.25. The van der Waals surface area contributed by atoms with Gasteiger partial charge < -0.3 is 10.1 Å². The first-order chi connectivity index (χ1) is 15.4. The van der Waals surface area contributed by atoms with Gasteiger partial charge in [-0.3, -0.25) is 9.10 Å². The molecule has 168 valence electrons. The summed E-state index contributed by atoms with van der Waals surface area (Å²) in [6, 6.07) is 22.6. The number of ether oxygens (including phenoxy) is 1. The number of nitrogens with zero attached hydrogens (tertiary/aromatic N) is 1. The van der Waals surface area contributed by atoms with Crippen molar-refractivity contribution in [3.05, 3.63) is 95.0 Å². The van der Waals surface area contributed by atoms with Gasteiger partial charge in [0.15, 0.2) is 0 Å². The molecule has 0 fully saturated rings. The number of halogens is 1. The molecular formula is C24H25ClN2O4S. The van der Waals surface area contributed by atoms with Gasteiger partial charge in [0.1, 0.15) is 6.54 Å². The van der Waals surface area contributed by atoms with Crippen LogP contribution in [-0.2, 0) is 26.2 Å². The Hall–Kier alpha value is -2.87. The molecule has 0 spiro atoms. The molecule has 0 saturated heterocycles. The molecule has 0 radical (unpaired) electrons. The maximum absolute atomic E-state index is 13.3. The molecule has 3 rings (SSSR count). The van der Waals surface area contributed by atoms with E-state index in [0.29, 0.717) is 29.5 Å². The van der Waals surface area contributed by atoms with Gasteiger partial charge in [-0.2, -0.15) is 0 Å². The van der Waals surface area contributed by atoms with Crippen LogP contribution in [0.1, 0.15) is 11.1 Å². The molecule has 32 heavy (non-hydrogen) atoms. The van der Waals surface area contributed by atoms with Crippen LogP contribution in [0.25, 0.3) is 0 Å². The van der Waals surface area contributed by atoms with E-state index < -0.39 is 15.9 Å². The molecule has 3 aromatic carbocycles. The lowest BCUT2D eigenvalue weighted by atomic mass is 10.2. The first-order valence-corrected chi connectivity index (χ1v) is 11.9. The van der Waals surface area contributed by atoms with Crippen LogP contribution in [0.3, 0.4) is 0 Å². The standard InChI is InChI=1S/C24H25ClN2O4S/c1-19-16-21(25)12-13-23(19)27(32(29,30)22-10-6-3-7-11-22)17-24(28)26-14-15-31-18-20-8-4-2-5-9-20/h2-13,16H,14-15,17-18H2,1H3,(H,26,28). The number of aryl methyl sites for hydroxylation is 1. The van der Waals surface area contributed by atoms with Gasteiger partial charge in [-0.15, -0.1) is 0 Å². The SMILES string of the molecule is Cc1cc(Cl)ccc1N(CC(=O)NCCOCc1ccccc1)S(=O)(=O)c1ccccc1. The van der Waals surface area contributed by atoms with Crippen molar-refractivity contribution in [1.29, 1.82) is 0 Å². The number of sulfonamides is 1. The second kappa shape index (κ2) is 11.1. The fourth-order valence-electron chi connectivity index (χ4n) is 3.13. The molecule has 8 heteroatoms. The van der Waals surface area contributed by atoms with E-state index in [-0.39, 0.29) is 18.0 Å². The molecular weight excluding hydrogens is 448 g/mol. The van der Waals surface area contributed by atoms with Crippen molar-refractivity contribution >= 4 is 33.2 Å². The first kappa shape index (κ1) is 23.8. The van der Waals surface area contributed by atoms with Crippen molar-refractivity contribution < 1.29 is 17.9 Å². The number of rotatable bonds is 10. The molecule has 3 aromatic rings. The molecule has 1 N–H and O–H groups in total. The predicted molar refractivity (Wildman–Crippen MR) is 126 cm³/mol. The van der Waals surface area contributed by atoms with Gasteiger partial charge in [-0.05, 0) is 48.4 Å². The summed E-state index contributed by atoms with van der Waals surface area (Å²) in [5, 5.41) is 3.22. The van der Waals surface area contributed by atoms with E-state index in [1.807, 2.05) is 30.3 Å². The fraction of sp³-hybridized carbons (Fsp3) is 0.208. The van der Waals surface area contributed by atoms with E-state index in [0.717, 1.165) is 9.87 Å². The highest BCUT2D eigenvalue weighted by atomic mass is 35.5. The van der Waals surface area contributed by atoms with Crippen molar-refractivity contribution in [1.82, 2.24) is 5.32 Å². The van der Waals surface area contributed by atoms with Crippen molar-refractivity contribution in [2.45, 2.75) is 18.4 Å². The topological polar surface area (TPSA) is 75.7 Å². The maximum Gasteiger partial charge on any atom is 0.264 e. The number of carbonyl (C=O) groups is 1. The van der Waals surface area contributed by atoms with Gasteiger partial charge in [-0.25, -0.2) is 8.42 Å². The van der Waals surface area contributed by atoms with Crippen molar-refractivity contribution in [3.8, 4) is 0 Å². The van der Waals surface area contributed by atoms with Crippen LogP contribution in [0.2, 0.25) is 5.02 Å². The minimum atomic E-state index is -3.96. The van der Waals surface area contributed by atoms with Crippen LogP contribution in [-0.4, -0.2) is 34.0 Å². The van der Waals surface area contributed by atoms with Crippen LogP contribution < -0.4 is 9.62 Å². The molecule has 0 heterocycles. The number of benzene rings is 3. The Morgan fingerprint density at radius 2 is 1.66 bits per heavy atom. The normalized spacial score (nSPS) is 11.2. The minimum Gasteiger partial charge on any atom is -0.375 e. The van der Waals surface area contributed by atoms with E-state index in [1.54, 1.807) is 43.3 Å². The second-order valence-corrected chi connectivity index (χ2v) is 9.44. The Morgan fingerprint density at radius 1 is 1.00 bits per heavy atom. The summed E-state index contributed by atoms with van der Waals surface area (Å²) in [4.78, 5) is 12.7. The zero-order chi connectivity index (χ0) is 23.0. The highest BCUT2D eigenvalue weighted by molar-refractivity contribution is 7.92. The van der Waals surface area contributed by atoms with E-state index in [9.17, 15) is 13.2 Å². The van der Waals surface area contributed by atoms with Crippen molar-refractivity contribution in [2.75, 3.05) is 24.0 Å². The number of anilines is 1. The Balaban J connectivity index is 1.68. The van der Waals surface area contributed by atoms with Crippen molar-refractivity contribution in [2.24, 2.45) is 0 Å². The highest BCUT2D eigenvalue weighted by Gasteiger charge is 2.28. The number of carbonyl (C=O) groups excluding carboxylic acids is 1. The summed E-state index contributed by atoms with van der Waals surface area (Å²) in [6.45, 7) is 2.41. The number of amides is 1. The summed E-state index contributed by atoms with van der Waals surface area (Å²) >= 11 is 6.04. The first-order valence-electron chi connectivity index (χ1n) is 10.1. The summed E-state index contributed by atoms with van der Waals surface area (Å²) in [5.41, 5.74) is 2.09. The third-order valence-electron chi connectivity index (χ3n) is 4.73. The molecule has 0 bridgehead atoms. The zero-order valence-corrected chi connectivity index (χ0v) is 19.3. The molecule has 0 aromatic heterocycles. The van der Waals surface area contributed by atoms with Crippen LogP contribution >= 0.6 is 11.6 Å². The third-order valence-corrected chi connectivity index (χ3v) is 6.74. The Bertz CT molecular complexity index is 1140. The molecule has 6 nitrogen and oxygen atoms in total. The minimum absolute atomic E-state index is 0.105. The van der Waals surface area contributed by atoms with E-state index in [4.69, 9.17) is 16.3 Å². The Kier molecular flexibility index (Phi) is 8.27. The quantitative estimate of drug-likeness (QED) is 0.449. The smallest absolute Gasteiger partial charge is 0.264 e. The van der Waals surface area contributed by atoms with Gasteiger partial charge in [-0.1, -0.05) is 60.1 Å². The van der Waals surface area contributed by atoms with E-state index in [2.05, 4.69) is 5.32 Å². The maximum atomic E-state index is 13.3. The molecule has 0 unspecified atom stereocenters.